The first-order chi connectivity index (χ1) is 12.3. The molecule has 0 bridgehead atoms. The Hall–Kier alpha value is -1.72. The van der Waals surface area contributed by atoms with Crippen LogP contribution in [0.2, 0.25) is 0 Å². The van der Waals surface area contributed by atoms with Crippen LogP contribution in [0, 0.1) is 17.3 Å². The molecule has 0 heterocycles. The Bertz CT molecular complexity index is 545. The van der Waals surface area contributed by atoms with Crippen molar-refractivity contribution in [1.29, 1.82) is 0 Å². The van der Waals surface area contributed by atoms with Crippen LogP contribution in [-0.4, -0.2) is 41.3 Å². The van der Waals surface area contributed by atoms with Crippen LogP contribution in [0.3, 0.4) is 0 Å². The van der Waals surface area contributed by atoms with Gasteiger partial charge in [-0.25, -0.2) is 0 Å². The number of aliphatic carboxylic acids is 1. The second-order valence-electron chi connectivity index (χ2n) is 7.39. The van der Waals surface area contributed by atoms with Crippen LogP contribution in [-0.2, 0) is 14.3 Å². The minimum atomic E-state index is -0.787. The molecule has 0 radical (unpaired) electrons. The summed E-state index contributed by atoms with van der Waals surface area (Å²) in [6.45, 7) is 6.90. The lowest BCUT2D eigenvalue weighted by Gasteiger charge is -2.28. The number of carboxylic acids is 1. The smallest absolute Gasteiger partial charge is 0.303 e. The molecule has 1 aliphatic carbocycles. The Labute approximate surface area is 156 Å². The van der Waals surface area contributed by atoms with Crippen molar-refractivity contribution < 1.29 is 24.5 Å². The molecule has 0 saturated carbocycles. The van der Waals surface area contributed by atoms with E-state index in [1.54, 1.807) is 12.2 Å². The fourth-order valence-corrected chi connectivity index (χ4v) is 2.80. The number of hydrogen-bond donors (Lipinski definition) is 2. The summed E-state index contributed by atoms with van der Waals surface area (Å²) in [6, 6.07) is 0. The topological polar surface area (TPSA) is 83.8 Å². The molecule has 1 aliphatic rings. The van der Waals surface area contributed by atoms with Crippen molar-refractivity contribution in [2.24, 2.45) is 17.3 Å². The average molecular weight is 364 g/mol. The Balaban J connectivity index is 2.54. The highest BCUT2D eigenvalue weighted by atomic mass is 16.5. The van der Waals surface area contributed by atoms with Crippen molar-refractivity contribution in [2.75, 3.05) is 13.2 Å². The van der Waals surface area contributed by atoms with Crippen molar-refractivity contribution in [1.82, 2.24) is 0 Å². The molecule has 26 heavy (non-hydrogen) atoms. The van der Waals surface area contributed by atoms with Crippen molar-refractivity contribution in [2.45, 2.75) is 52.6 Å². The lowest BCUT2D eigenvalue weighted by atomic mass is 9.85. The number of allylic oxidation sites excluding steroid dienone is 5. The molecule has 0 spiro atoms. The summed E-state index contributed by atoms with van der Waals surface area (Å²) in [6.07, 6.45) is 12.5. The van der Waals surface area contributed by atoms with Crippen LogP contribution in [0.5, 0.6) is 0 Å². The molecule has 0 saturated heterocycles. The van der Waals surface area contributed by atoms with E-state index < -0.39 is 17.5 Å². The SMILES string of the molecule is CCOCC(C)(C)C(O)C=C[C@H]1C=CC(=O)[C@@H]1C/C=C\CCCC(=O)O. The summed E-state index contributed by atoms with van der Waals surface area (Å²) < 4.78 is 5.42. The van der Waals surface area contributed by atoms with Crippen molar-refractivity contribution in [3.05, 3.63) is 36.5 Å². The first-order valence-electron chi connectivity index (χ1n) is 9.31. The van der Waals surface area contributed by atoms with Gasteiger partial charge in [0, 0.05) is 30.3 Å². The highest BCUT2D eigenvalue weighted by Gasteiger charge is 2.29. The van der Waals surface area contributed by atoms with Gasteiger partial charge in [-0.2, -0.15) is 0 Å². The predicted molar refractivity (Wildman–Crippen MR) is 102 cm³/mol. The number of carbonyl (C=O) groups excluding carboxylic acids is 1. The maximum atomic E-state index is 12.1. The lowest BCUT2D eigenvalue weighted by Crippen LogP contribution is -2.32. The number of carbonyl (C=O) groups is 2. The third-order valence-corrected chi connectivity index (χ3v) is 4.63. The Morgan fingerprint density at radius 3 is 2.77 bits per heavy atom. The van der Waals surface area contributed by atoms with Crippen LogP contribution in [0.25, 0.3) is 0 Å². The maximum absolute atomic E-state index is 12.1. The van der Waals surface area contributed by atoms with E-state index in [1.165, 1.54) is 0 Å². The molecule has 0 aromatic heterocycles. The van der Waals surface area contributed by atoms with E-state index in [-0.39, 0.29) is 24.0 Å². The van der Waals surface area contributed by atoms with Gasteiger partial charge in [0.25, 0.3) is 0 Å². The highest BCUT2D eigenvalue weighted by Crippen LogP contribution is 2.29. The van der Waals surface area contributed by atoms with Crippen LogP contribution < -0.4 is 0 Å². The van der Waals surface area contributed by atoms with E-state index in [9.17, 15) is 14.7 Å². The highest BCUT2D eigenvalue weighted by molar-refractivity contribution is 5.95. The van der Waals surface area contributed by atoms with Crippen molar-refractivity contribution >= 4 is 11.8 Å². The Morgan fingerprint density at radius 1 is 1.38 bits per heavy atom. The Morgan fingerprint density at radius 2 is 2.12 bits per heavy atom. The second kappa shape index (κ2) is 11.1. The molecule has 5 nitrogen and oxygen atoms in total. The van der Waals surface area contributed by atoms with E-state index in [2.05, 4.69) is 0 Å². The Kier molecular flexibility index (Phi) is 9.52. The molecule has 5 heteroatoms. The van der Waals surface area contributed by atoms with Gasteiger partial charge < -0.3 is 14.9 Å². The van der Waals surface area contributed by atoms with E-state index in [4.69, 9.17) is 9.84 Å². The standard InChI is InChI=1S/C21H32O5/c1-4-26-15-21(2,3)19(23)14-12-16-11-13-18(22)17(16)9-7-5-6-8-10-20(24)25/h5,7,11-14,16-17,19,23H,4,6,8-10,15H2,1-3H3,(H,24,25)/b7-5-,14-12?/t16-,17-,19?/m1/s1. The summed E-state index contributed by atoms with van der Waals surface area (Å²) in [4.78, 5) is 22.5. The van der Waals surface area contributed by atoms with E-state index in [0.717, 1.165) is 0 Å². The summed E-state index contributed by atoms with van der Waals surface area (Å²) in [5.41, 5.74) is -0.390. The van der Waals surface area contributed by atoms with Gasteiger partial charge in [-0.3, -0.25) is 9.59 Å². The molecule has 0 aromatic rings. The molecular weight excluding hydrogens is 332 g/mol. The van der Waals surface area contributed by atoms with Gasteiger partial charge in [0.05, 0.1) is 12.7 Å². The lowest BCUT2D eigenvalue weighted by molar-refractivity contribution is -0.137. The van der Waals surface area contributed by atoms with Gasteiger partial charge in [-0.1, -0.05) is 44.2 Å². The molecule has 3 atom stereocenters. The number of rotatable bonds is 12. The summed E-state index contributed by atoms with van der Waals surface area (Å²) in [7, 11) is 0. The number of aliphatic hydroxyl groups is 1. The molecule has 146 valence electrons. The largest absolute Gasteiger partial charge is 0.481 e. The quantitative estimate of drug-likeness (QED) is 0.409. The number of carboxylic acid groups (broad SMARTS) is 1. The molecular formula is C21H32O5. The number of hydrogen-bond acceptors (Lipinski definition) is 4. The van der Waals surface area contributed by atoms with Crippen LogP contribution >= 0.6 is 0 Å². The van der Waals surface area contributed by atoms with Crippen molar-refractivity contribution in [3.8, 4) is 0 Å². The average Bonchev–Trinajstić information content (AvgIpc) is 2.93. The summed E-state index contributed by atoms with van der Waals surface area (Å²) in [5, 5.41) is 19.0. The maximum Gasteiger partial charge on any atom is 0.303 e. The fourth-order valence-electron chi connectivity index (χ4n) is 2.80. The van der Waals surface area contributed by atoms with Gasteiger partial charge in [0.1, 0.15) is 0 Å². The van der Waals surface area contributed by atoms with Gasteiger partial charge in [0.2, 0.25) is 0 Å². The zero-order valence-corrected chi connectivity index (χ0v) is 16.1. The second-order valence-corrected chi connectivity index (χ2v) is 7.39. The zero-order chi connectivity index (χ0) is 19.6. The number of aliphatic hydroxyl groups excluding tert-OH is 1. The first kappa shape index (κ1) is 22.3. The minimum Gasteiger partial charge on any atom is -0.481 e. The minimum absolute atomic E-state index is 0.0243. The summed E-state index contributed by atoms with van der Waals surface area (Å²) >= 11 is 0. The summed E-state index contributed by atoms with van der Waals surface area (Å²) in [5.74, 6) is -0.865. The van der Waals surface area contributed by atoms with Gasteiger partial charge >= 0.3 is 5.97 Å². The van der Waals surface area contributed by atoms with E-state index >= 15 is 0 Å². The third-order valence-electron chi connectivity index (χ3n) is 4.63. The number of unbranched alkanes of at least 4 members (excludes halogenated alkanes) is 1. The molecule has 0 aliphatic heterocycles. The van der Waals surface area contributed by atoms with Crippen LogP contribution in [0.1, 0.15) is 46.5 Å². The van der Waals surface area contributed by atoms with E-state index in [1.807, 2.05) is 45.1 Å². The van der Waals surface area contributed by atoms with E-state index in [0.29, 0.717) is 32.5 Å². The zero-order valence-electron chi connectivity index (χ0n) is 16.1. The molecule has 0 amide bonds. The predicted octanol–water partition coefficient (Wildman–Crippen LogP) is 3.54. The van der Waals surface area contributed by atoms with Crippen LogP contribution in [0.4, 0.5) is 0 Å². The number of ether oxygens (including phenoxy) is 1. The molecule has 2 N–H and O–H groups in total. The third kappa shape index (κ3) is 7.67. The van der Waals surface area contributed by atoms with Crippen LogP contribution in [0.15, 0.2) is 36.5 Å². The molecule has 1 rings (SSSR count). The molecule has 0 fully saturated rings. The fraction of sp³-hybridized carbons (Fsp3) is 0.619. The first-order valence-corrected chi connectivity index (χ1v) is 9.31. The molecule has 1 unspecified atom stereocenters. The molecule has 0 aromatic carbocycles. The van der Waals surface area contributed by atoms with Crippen molar-refractivity contribution in [3.63, 3.8) is 0 Å². The normalized spacial score (nSPS) is 21.9. The monoisotopic (exact) mass is 364 g/mol. The van der Waals surface area contributed by atoms with Gasteiger partial charge in [0.15, 0.2) is 5.78 Å². The van der Waals surface area contributed by atoms with Gasteiger partial charge in [-0.05, 0) is 32.3 Å². The van der Waals surface area contributed by atoms with Gasteiger partial charge in [-0.15, -0.1) is 0 Å². The number of ketones is 1.